The molecule has 236 valence electrons. The topological polar surface area (TPSA) is 110 Å². The van der Waals surface area contributed by atoms with Gasteiger partial charge >= 0.3 is 63.3 Å². The predicted octanol–water partition coefficient (Wildman–Crippen LogP) is 5.76. The molecule has 0 saturated carbocycles. The summed E-state index contributed by atoms with van der Waals surface area (Å²) >= 11 is 0. The van der Waals surface area contributed by atoms with E-state index in [9.17, 15) is 22.6 Å². The van der Waals surface area contributed by atoms with Gasteiger partial charge in [-0.15, -0.1) is 0 Å². The zero-order valence-corrected chi connectivity index (χ0v) is 30.6. The summed E-state index contributed by atoms with van der Waals surface area (Å²) in [7, 11) is -4.57. The Hall–Kier alpha value is -0.294. The Morgan fingerprint density at radius 3 is 1.36 bits per heavy atom. The van der Waals surface area contributed by atoms with Crippen LogP contribution in [0.2, 0.25) is 0 Å². The van der Waals surface area contributed by atoms with E-state index >= 15 is 0 Å². The standard InChI is InChI=1S/C33H56O7S.K/c1-3-5-6-7-8-9-10-11-12-13-14-15-16-17-18-19-20-21-24-27-39-32(34)30-25-22-23-26-31(30)33(35)40-28-29(4-2)41(36,37)38;/h22-23,25-26,29H,3-21,24,27-28H2,1-2H3,(H,36,37,38);/q;+1/p-1. The number of hydrogen-bond acceptors (Lipinski definition) is 7. The van der Waals surface area contributed by atoms with Crippen molar-refractivity contribution in [1.82, 2.24) is 0 Å². The Kier molecular flexibility index (Phi) is 26.9. The van der Waals surface area contributed by atoms with Crippen molar-refractivity contribution in [2.75, 3.05) is 13.2 Å². The molecule has 0 N–H and O–H groups in total. The first kappa shape index (κ1) is 41.7. The SMILES string of the molecule is CCCCCCCCCCCCCCCCCCCCCOC(=O)c1ccccc1C(=O)OCC(CC)S(=O)(=O)[O-].[K+]. The van der Waals surface area contributed by atoms with Crippen LogP contribution in [-0.2, 0) is 19.6 Å². The molecule has 1 rings (SSSR count). The molecule has 0 spiro atoms. The van der Waals surface area contributed by atoms with Gasteiger partial charge in [-0.25, -0.2) is 18.0 Å². The second-order valence-electron chi connectivity index (χ2n) is 11.2. The number of carbonyl (C=O) groups is 2. The third-order valence-corrected chi connectivity index (χ3v) is 8.90. The minimum Gasteiger partial charge on any atom is -0.748 e. The molecule has 0 radical (unpaired) electrons. The average Bonchev–Trinajstić information content (AvgIpc) is 2.95. The maximum absolute atomic E-state index is 12.5. The van der Waals surface area contributed by atoms with E-state index in [0.29, 0.717) is 0 Å². The molecule has 0 bridgehead atoms. The summed E-state index contributed by atoms with van der Waals surface area (Å²) in [6, 6.07) is 6.08. The molecule has 0 heterocycles. The van der Waals surface area contributed by atoms with Crippen LogP contribution in [0.4, 0.5) is 0 Å². The van der Waals surface area contributed by atoms with Crippen molar-refractivity contribution in [3.8, 4) is 0 Å². The zero-order valence-electron chi connectivity index (χ0n) is 26.7. The molecule has 1 aromatic carbocycles. The fraction of sp³-hybridized carbons (Fsp3) is 0.758. The first-order valence-electron chi connectivity index (χ1n) is 16.2. The van der Waals surface area contributed by atoms with Gasteiger partial charge in [0.2, 0.25) is 0 Å². The number of benzene rings is 1. The van der Waals surface area contributed by atoms with Crippen LogP contribution in [0.25, 0.3) is 0 Å². The van der Waals surface area contributed by atoms with Crippen molar-refractivity contribution in [3.63, 3.8) is 0 Å². The largest absolute Gasteiger partial charge is 1.00 e. The molecular formula is C33H55KO7S. The molecule has 0 aromatic heterocycles. The minimum atomic E-state index is -4.57. The molecule has 9 heteroatoms. The monoisotopic (exact) mass is 634 g/mol. The maximum Gasteiger partial charge on any atom is 1.00 e. The first-order valence-corrected chi connectivity index (χ1v) is 17.7. The van der Waals surface area contributed by atoms with E-state index in [-0.39, 0.29) is 75.5 Å². The fourth-order valence-electron chi connectivity index (χ4n) is 4.91. The van der Waals surface area contributed by atoms with Gasteiger partial charge in [0.1, 0.15) is 16.7 Å². The summed E-state index contributed by atoms with van der Waals surface area (Å²) in [5.74, 6) is -1.48. The van der Waals surface area contributed by atoms with Crippen molar-refractivity contribution >= 4 is 22.1 Å². The summed E-state index contributed by atoms with van der Waals surface area (Å²) in [6.07, 6.45) is 24.6. The molecule has 1 unspecified atom stereocenters. The van der Waals surface area contributed by atoms with Crippen LogP contribution in [-0.4, -0.2) is 43.4 Å². The van der Waals surface area contributed by atoms with Crippen LogP contribution in [0, 0.1) is 0 Å². The van der Waals surface area contributed by atoms with Crippen LogP contribution in [0.3, 0.4) is 0 Å². The summed E-state index contributed by atoms with van der Waals surface area (Å²) in [5.41, 5.74) is 0.0529. The van der Waals surface area contributed by atoms with Gasteiger partial charge in [-0.2, -0.15) is 0 Å². The van der Waals surface area contributed by atoms with Gasteiger partial charge in [0, 0.05) is 0 Å². The van der Waals surface area contributed by atoms with Crippen LogP contribution in [0.15, 0.2) is 24.3 Å². The maximum atomic E-state index is 12.5. The molecule has 42 heavy (non-hydrogen) atoms. The Morgan fingerprint density at radius 2 is 1.00 bits per heavy atom. The van der Waals surface area contributed by atoms with Crippen LogP contribution >= 0.6 is 0 Å². The normalized spacial score (nSPS) is 12.0. The second-order valence-corrected chi connectivity index (χ2v) is 12.8. The van der Waals surface area contributed by atoms with Gasteiger partial charge in [0.25, 0.3) is 0 Å². The van der Waals surface area contributed by atoms with Crippen LogP contribution < -0.4 is 51.4 Å². The quantitative estimate of drug-likeness (QED) is 0.0552. The van der Waals surface area contributed by atoms with E-state index in [0.717, 1.165) is 19.3 Å². The van der Waals surface area contributed by atoms with Gasteiger partial charge < -0.3 is 14.0 Å². The van der Waals surface area contributed by atoms with Crippen LogP contribution in [0.1, 0.15) is 163 Å². The number of ether oxygens (including phenoxy) is 2. The molecular weight excluding hydrogens is 580 g/mol. The number of esters is 2. The molecule has 0 amide bonds. The Balaban J connectivity index is 0.0000168. The molecule has 7 nitrogen and oxygen atoms in total. The Bertz CT molecular complexity index is 936. The minimum absolute atomic E-state index is 0. The summed E-state index contributed by atoms with van der Waals surface area (Å²) in [6.45, 7) is 3.52. The predicted molar refractivity (Wildman–Crippen MR) is 164 cm³/mol. The third-order valence-electron chi connectivity index (χ3n) is 7.61. The van der Waals surface area contributed by atoms with Gasteiger partial charge in [-0.05, 0) is 25.0 Å². The summed E-state index contributed by atoms with van der Waals surface area (Å²) < 4.78 is 44.0. The van der Waals surface area contributed by atoms with Gasteiger partial charge in [0.15, 0.2) is 0 Å². The Morgan fingerprint density at radius 1 is 0.643 bits per heavy atom. The van der Waals surface area contributed by atoms with E-state index in [1.807, 2.05) is 0 Å². The molecule has 0 aliphatic heterocycles. The molecule has 0 aliphatic carbocycles. The Labute approximate surface area is 298 Å². The van der Waals surface area contributed by atoms with Gasteiger partial charge in [0.05, 0.1) is 23.0 Å². The molecule has 1 atom stereocenters. The third kappa shape index (κ3) is 20.6. The first-order chi connectivity index (χ1) is 19.8. The zero-order chi connectivity index (χ0) is 30.2. The smallest absolute Gasteiger partial charge is 0.748 e. The second kappa shape index (κ2) is 27.1. The summed E-state index contributed by atoms with van der Waals surface area (Å²) in [5, 5.41) is -1.32. The molecule has 0 fully saturated rings. The number of carbonyl (C=O) groups excluding carboxylic acids is 2. The van der Waals surface area contributed by atoms with Crippen molar-refractivity contribution in [3.05, 3.63) is 35.4 Å². The van der Waals surface area contributed by atoms with E-state index in [1.165, 1.54) is 122 Å². The molecule has 1 aromatic rings. The fourth-order valence-corrected chi connectivity index (χ4v) is 5.56. The van der Waals surface area contributed by atoms with Crippen molar-refractivity contribution < 1.29 is 83.4 Å². The van der Waals surface area contributed by atoms with Gasteiger partial charge in [-0.1, -0.05) is 142 Å². The van der Waals surface area contributed by atoms with Gasteiger partial charge in [-0.3, -0.25) is 0 Å². The van der Waals surface area contributed by atoms with Crippen molar-refractivity contribution in [1.29, 1.82) is 0 Å². The average molecular weight is 635 g/mol. The number of rotatable bonds is 26. The number of unbranched alkanes of at least 4 members (excludes halogenated alkanes) is 18. The van der Waals surface area contributed by atoms with Crippen LogP contribution in [0.5, 0.6) is 0 Å². The van der Waals surface area contributed by atoms with E-state index < -0.39 is 33.9 Å². The molecule has 0 aliphatic rings. The van der Waals surface area contributed by atoms with E-state index in [4.69, 9.17) is 9.47 Å². The van der Waals surface area contributed by atoms with Crippen molar-refractivity contribution in [2.45, 2.75) is 148 Å². The van der Waals surface area contributed by atoms with E-state index in [2.05, 4.69) is 6.92 Å². The van der Waals surface area contributed by atoms with E-state index in [1.54, 1.807) is 12.1 Å². The molecule has 0 saturated heterocycles. The van der Waals surface area contributed by atoms with Crippen molar-refractivity contribution in [2.24, 2.45) is 0 Å². The number of hydrogen-bond donors (Lipinski definition) is 0. The summed E-state index contributed by atoms with van der Waals surface area (Å²) in [4.78, 5) is 25.0.